The Bertz CT molecular complexity index is 1370. The summed E-state index contributed by atoms with van der Waals surface area (Å²) in [6.07, 6.45) is -3.54. The van der Waals surface area contributed by atoms with Crippen molar-refractivity contribution in [3.63, 3.8) is 0 Å². The number of rotatable bonds is 4. The van der Waals surface area contributed by atoms with E-state index in [1.807, 2.05) is 0 Å². The standard InChI is InChI=1S/C23H24ClF4N7O2/c1-34-20(29)16(21(36)30-13-3-4-15(25)14(24)7-13)17(31-34)10-5-11-8-22(37,9-12(11)6-10)18-19(23(26,27)28)33-35(2)32-18/h3-4,7,10-12,37H,5-6,8-9,29H2,1-2H3,(H,30,36). The van der Waals surface area contributed by atoms with Gasteiger partial charge in [0.2, 0.25) is 0 Å². The summed E-state index contributed by atoms with van der Waals surface area (Å²) in [4.78, 5) is 14.0. The lowest BCUT2D eigenvalue weighted by molar-refractivity contribution is -0.144. The number of benzene rings is 1. The second-order valence-corrected chi connectivity index (χ2v) is 10.3. The first-order chi connectivity index (χ1) is 17.3. The van der Waals surface area contributed by atoms with Crippen molar-refractivity contribution in [3.8, 4) is 0 Å². The number of carbonyl (C=O) groups is 1. The number of fused-ring (bicyclic) bond motifs is 1. The molecule has 9 nitrogen and oxygen atoms in total. The number of nitrogen functional groups attached to an aromatic ring is 1. The fourth-order valence-electron chi connectivity index (χ4n) is 5.83. The number of hydrogen-bond acceptors (Lipinski definition) is 6. The van der Waals surface area contributed by atoms with Crippen LogP contribution in [-0.4, -0.2) is 35.8 Å². The average Bonchev–Trinajstić information content (AvgIpc) is 3.52. The Hall–Kier alpha value is -3.19. The summed E-state index contributed by atoms with van der Waals surface area (Å²) in [7, 11) is 2.89. The lowest BCUT2D eigenvalue weighted by Crippen LogP contribution is -2.27. The van der Waals surface area contributed by atoms with Gasteiger partial charge in [-0.2, -0.15) is 28.2 Å². The van der Waals surface area contributed by atoms with Crippen LogP contribution in [0.2, 0.25) is 5.02 Å². The molecule has 2 atom stereocenters. The topological polar surface area (TPSA) is 124 Å². The highest BCUT2D eigenvalue weighted by Gasteiger charge is 2.55. The number of nitrogens with two attached hydrogens (primary N) is 1. The number of hydrogen-bond donors (Lipinski definition) is 3. The van der Waals surface area contributed by atoms with E-state index in [9.17, 15) is 27.5 Å². The molecule has 14 heteroatoms. The molecule has 198 valence electrons. The van der Waals surface area contributed by atoms with Gasteiger partial charge in [-0.3, -0.25) is 9.48 Å². The normalized spacial score (nSPS) is 25.5. The van der Waals surface area contributed by atoms with Crippen LogP contribution in [0.3, 0.4) is 0 Å². The number of nitrogens with one attached hydrogen (secondary N) is 1. The number of halogens is 5. The third-order valence-electron chi connectivity index (χ3n) is 7.37. The van der Waals surface area contributed by atoms with E-state index in [0.717, 1.165) is 10.9 Å². The Morgan fingerprint density at radius 2 is 1.84 bits per heavy atom. The van der Waals surface area contributed by atoms with Crippen LogP contribution in [0, 0.1) is 17.7 Å². The van der Waals surface area contributed by atoms with Crippen molar-refractivity contribution in [1.82, 2.24) is 24.8 Å². The molecule has 4 N–H and O–H groups in total. The van der Waals surface area contributed by atoms with E-state index < -0.39 is 34.9 Å². The molecule has 2 aliphatic carbocycles. The van der Waals surface area contributed by atoms with Crippen LogP contribution in [0.1, 0.15) is 59.0 Å². The van der Waals surface area contributed by atoms with Crippen molar-refractivity contribution in [2.24, 2.45) is 25.9 Å². The number of amides is 1. The SMILES string of the molecule is Cn1nc(C(F)(F)F)c(C2(O)CC3CC(c4nn(C)c(N)c4C(=O)Nc4ccc(F)c(Cl)c4)CC3C2)n1. The Kier molecular flexibility index (Phi) is 5.98. The van der Waals surface area contributed by atoms with E-state index in [1.165, 1.54) is 23.9 Å². The summed E-state index contributed by atoms with van der Waals surface area (Å²) in [6, 6.07) is 3.78. The van der Waals surface area contributed by atoms with E-state index in [0.29, 0.717) is 18.5 Å². The van der Waals surface area contributed by atoms with Gasteiger partial charge in [-0.25, -0.2) is 4.39 Å². The molecule has 1 aromatic carbocycles. The minimum absolute atomic E-state index is 0.0911. The molecular weight excluding hydrogens is 518 g/mol. The molecule has 37 heavy (non-hydrogen) atoms. The molecule has 0 saturated heterocycles. The van der Waals surface area contributed by atoms with Gasteiger partial charge < -0.3 is 16.2 Å². The summed E-state index contributed by atoms with van der Waals surface area (Å²) in [5.74, 6) is -1.41. The van der Waals surface area contributed by atoms with E-state index in [4.69, 9.17) is 17.3 Å². The summed E-state index contributed by atoms with van der Waals surface area (Å²) in [5, 5.41) is 25.5. The van der Waals surface area contributed by atoms with Crippen LogP contribution in [0.15, 0.2) is 18.2 Å². The van der Waals surface area contributed by atoms with Crippen LogP contribution in [-0.2, 0) is 25.9 Å². The number of aromatic nitrogens is 5. The highest BCUT2D eigenvalue weighted by molar-refractivity contribution is 6.31. The molecule has 2 unspecified atom stereocenters. The number of nitrogens with zero attached hydrogens (tertiary/aromatic N) is 5. The lowest BCUT2D eigenvalue weighted by Gasteiger charge is -2.23. The van der Waals surface area contributed by atoms with Gasteiger partial charge in [-0.1, -0.05) is 11.6 Å². The van der Waals surface area contributed by atoms with E-state index in [-0.39, 0.29) is 52.7 Å². The first-order valence-electron chi connectivity index (χ1n) is 11.6. The zero-order chi connectivity index (χ0) is 26.9. The molecule has 2 heterocycles. The number of aliphatic hydroxyl groups is 1. The predicted molar refractivity (Wildman–Crippen MR) is 125 cm³/mol. The third-order valence-corrected chi connectivity index (χ3v) is 7.66. The largest absolute Gasteiger partial charge is 0.437 e. The molecule has 1 amide bonds. The maximum atomic E-state index is 13.5. The van der Waals surface area contributed by atoms with Crippen LogP contribution in [0.5, 0.6) is 0 Å². The van der Waals surface area contributed by atoms with Crippen molar-refractivity contribution in [2.45, 2.75) is 43.4 Å². The van der Waals surface area contributed by atoms with Gasteiger partial charge in [-0.15, -0.1) is 5.10 Å². The summed E-state index contributed by atoms with van der Waals surface area (Å²) in [6.45, 7) is 0. The third kappa shape index (κ3) is 4.43. The summed E-state index contributed by atoms with van der Waals surface area (Å²) >= 11 is 5.81. The van der Waals surface area contributed by atoms with Gasteiger partial charge in [0.1, 0.15) is 28.5 Å². The number of aryl methyl sites for hydroxylation is 2. The smallest absolute Gasteiger partial charge is 0.383 e. The highest BCUT2D eigenvalue weighted by Crippen LogP contribution is 2.57. The monoisotopic (exact) mass is 541 g/mol. The van der Waals surface area contributed by atoms with Gasteiger partial charge in [-0.05, 0) is 55.7 Å². The molecular formula is C23H24ClF4N7O2. The van der Waals surface area contributed by atoms with Gasteiger partial charge >= 0.3 is 6.18 Å². The van der Waals surface area contributed by atoms with Gasteiger partial charge in [0.25, 0.3) is 5.91 Å². The van der Waals surface area contributed by atoms with Gasteiger partial charge in [0.05, 0.1) is 10.7 Å². The zero-order valence-electron chi connectivity index (χ0n) is 19.9. The summed E-state index contributed by atoms with van der Waals surface area (Å²) in [5.41, 5.74) is 3.72. The average molecular weight is 542 g/mol. The second kappa shape index (κ2) is 8.69. The lowest BCUT2D eigenvalue weighted by atomic mass is 9.89. The van der Waals surface area contributed by atoms with Crippen molar-refractivity contribution >= 4 is 29.0 Å². The van der Waals surface area contributed by atoms with Crippen molar-refractivity contribution < 1.29 is 27.5 Å². The molecule has 2 aliphatic rings. The molecule has 3 aromatic rings. The first kappa shape index (κ1) is 25.5. The van der Waals surface area contributed by atoms with Crippen molar-refractivity contribution in [3.05, 3.63) is 51.7 Å². The molecule has 0 spiro atoms. The fraction of sp³-hybridized carbons (Fsp3) is 0.478. The maximum Gasteiger partial charge on any atom is 0.437 e. The second-order valence-electron chi connectivity index (χ2n) is 9.86. The highest BCUT2D eigenvalue weighted by atomic mass is 35.5. The maximum absolute atomic E-state index is 13.5. The molecule has 0 bridgehead atoms. The van der Waals surface area contributed by atoms with Gasteiger partial charge in [0.15, 0.2) is 5.69 Å². The van der Waals surface area contributed by atoms with Crippen molar-refractivity contribution in [2.75, 3.05) is 11.1 Å². The van der Waals surface area contributed by atoms with Crippen LogP contribution in [0.4, 0.5) is 29.1 Å². The van der Waals surface area contributed by atoms with E-state index in [2.05, 4.69) is 20.6 Å². The van der Waals surface area contributed by atoms with E-state index >= 15 is 0 Å². The van der Waals surface area contributed by atoms with Crippen LogP contribution >= 0.6 is 11.6 Å². The number of anilines is 2. The van der Waals surface area contributed by atoms with Crippen molar-refractivity contribution in [1.29, 1.82) is 0 Å². The molecule has 2 aromatic heterocycles. The molecule has 2 saturated carbocycles. The summed E-state index contributed by atoms with van der Waals surface area (Å²) < 4.78 is 55.4. The van der Waals surface area contributed by atoms with Crippen LogP contribution < -0.4 is 11.1 Å². The minimum Gasteiger partial charge on any atom is -0.383 e. The molecule has 0 aliphatic heterocycles. The Morgan fingerprint density at radius 3 is 2.43 bits per heavy atom. The Labute approximate surface area is 213 Å². The Morgan fingerprint density at radius 1 is 1.19 bits per heavy atom. The predicted octanol–water partition coefficient (Wildman–Crippen LogP) is 3.99. The zero-order valence-corrected chi connectivity index (χ0v) is 20.6. The number of alkyl halides is 3. The fourth-order valence-corrected chi connectivity index (χ4v) is 6.02. The minimum atomic E-state index is -4.73. The quantitative estimate of drug-likeness (QED) is 0.429. The Balaban J connectivity index is 1.37. The molecule has 2 fully saturated rings. The van der Waals surface area contributed by atoms with E-state index in [1.54, 1.807) is 7.05 Å². The molecule has 5 rings (SSSR count). The molecule has 0 radical (unpaired) electrons. The van der Waals surface area contributed by atoms with Crippen LogP contribution in [0.25, 0.3) is 0 Å². The number of carbonyl (C=O) groups excluding carboxylic acids is 1. The first-order valence-corrected chi connectivity index (χ1v) is 11.9. The van der Waals surface area contributed by atoms with Gasteiger partial charge in [0, 0.05) is 25.7 Å².